The lowest BCUT2D eigenvalue weighted by molar-refractivity contribution is 0.222. The van der Waals surface area contributed by atoms with Gasteiger partial charge in [0.05, 0.1) is 18.8 Å². The maximum Gasteiger partial charge on any atom is 0.315 e. The fourth-order valence-corrected chi connectivity index (χ4v) is 2.22. The first-order chi connectivity index (χ1) is 10.6. The molecular weight excluding hydrogens is 282 g/mol. The second kappa shape index (κ2) is 7.65. The fraction of sp³-hybridized carbons (Fsp3) is 0.467. The van der Waals surface area contributed by atoms with Gasteiger partial charge in [0.15, 0.2) is 0 Å². The minimum Gasteiger partial charge on any atom is -0.468 e. The summed E-state index contributed by atoms with van der Waals surface area (Å²) in [7, 11) is 3.90. The summed E-state index contributed by atoms with van der Waals surface area (Å²) < 4.78 is 7.20. The highest BCUT2D eigenvalue weighted by Gasteiger charge is 2.18. The van der Waals surface area contributed by atoms with Gasteiger partial charge in [-0.15, -0.1) is 0 Å². The molecule has 0 saturated carbocycles. The predicted octanol–water partition coefficient (Wildman–Crippen LogP) is 1.47. The third kappa shape index (κ3) is 4.63. The van der Waals surface area contributed by atoms with Gasteiger partial charge in [0.1, 0.15) is 5.76 Å². The molecule has 0 radical (unpaired) electrons. The number of nitrogens with one attached hydrogen (secondary N) is 2. The molecule has 0 aliphatic rings. The van der Waals surface area contributed by atoms with Crippen molar-refractivity contribution >= 4 is 6.03 Å². The molecule has 0 saturated heterocycles. The van der Waals surface area contributed by atoms with Crippen molar-refractivity contribution in [1.82, 2.24) is 25.3 Å². The zero-order chi connectivity index (χ0) is 15.9. The van der Waals surface area contributed by atoms with Crippen molar-refractivity contribution in [2.24, 2.45) is 0 Å². The SMILES string of the molecule is CC(Cn1cccn1)NC(=O)NCC(c1ccco1)N(C)C. The number of nitrogens with zero attached hydrogens (tertiary/aromatic N) is 3. The quantitative estimate of drug-likeness (QED) is 0.812. The van der Waals surface area contributed by atoms with E-state index in [0.717, 1.165) is 5.76 Å². The van der Waals surface area contributed by atoms with Crippen molar-refractivity contribution in [2.45, 2.75) is 25.6 Å². The number of hydrogen-bond donors (Lipinski definition) is 2. The second-order valence-corrected chi connectivity index (χ2v) is 5.48. The molecule has 2 aromatic rings. The van der Waals surface area contributed by atoms with Gasteiger partial charge in [-0.05, 0) is 39.2 Å². The molecule has 7 nitrogen and oxygen atoms in total. The van der Waals surface area contributed by atoms with Gasteiger partial charge in [-0.1, -0.05) is 0 Å². The Hall–Kier alpha value is -2.28. The smallest absolute Gasteiger partial charge is 0.315 e. The molecule has 0 fully saturated rings. The zero-order valence-electron chi connectivity index (χ0n) is 13.2. The molecule has 2 rings (SSSR count). The van der Waals surface area contributed by atoms with E-state index in [0.29, 0.717) is 13.1 Å². The summed E-state index contributed by atoms with van der Waals surface area (Å²) in [4.78, 5) is 14.0. The van der Waals surface area contributed by atoms with E-state index in [9.17, 15) is 4.79 Å². The third-order valence-corrected chi connectivity index (χ3v) is 3.35. The van der Waals surface area contributed by atoms with E-state index in [-0.39, 0.29) is 18.1 Å². The lowest BCUT2D eigenvalue weighted by Gasteiger charge is -2.23. The Labute approximate surface area is 130 Å². The van der Waals surface area contributed by atoms with Crippen LogP contribution in [0.3, 0.4) is 0 Å². The molecule has 2 amide bonds. The van der Waals surface area contributed by atoms with Gasteiger partial charge >= 0.3 is 6.03 Å². The Morgan fingerprint density at radius 2 is 2.27 bits per heavy atom. The Morgan fingerprint density at radius 3 is 2.86 bits per heavy atom. The van der Waals surface area contributed by atoms with Crippen molar-refractivity contribution < 1.29 is 9.21 Å². The molecule has 22 heavy (non-hydrogen) atoms. The summed E-state index contributed by atoms with van der Waals surface area (Å²) in [5.74, 6) is 0.829. The predicted molar refractivity (Wildman–Crippen MR) is 83.4 cm³/mol. The van der Waals surface area contributed by atoms with Crippen molar-refractivity contribution in [2.75, 3.05) is 20.6 Å². The van der Waals surface area contributed by atoms with E-state index in [1.165, 1.54) is 0 Å². The van der Waals surface area contributed by atoms with Gasteiger partial charge < -0.3 is 15.1 Å². The summed E-state index contributed by atoms with van der Waals surface area (Å²) in [6.07, 6.45) is 5.23. The summed E-state index contributed by atoms with van der Waals surface area (Å²) >= 11 is 0. The van der Waals surface area contributed by atoms with Crippen LogP contribution in [0.1, 0.15) is 18.7 Å². The highest BCUT2D eigenvalue weighted by atomic mass is 16.3. The normalized spacial score (nSPS) is 13.8. The molecule has 0 spiro atoms. The minimum atomic E-state index is -0.196. The van der Waals surface area contributed by atoms with Crippen molar-refractivity contribution in [3.8, 4) is 0 Å². The molecule has 0 bridgehead atoms. The number of aromatic nitrogens is 2. The first-order valence-electron chi connectivity index (χ1n) is 7.28. The third-order valence-electron chi connectivity index (χ3n) is 3.35. The average molecular weight is 305 g/mol. The number of furan rings is 1. The van der Waals surface area contributed by atoms with E-state index < -0.39 is 0 Å². The molecule has 2 atom stereocenters. The zero-order valence-corrected chi connectivity index (χ0v) is 13.2. The van der Waals surface area contributed by atoms with Crippen LogP contribution in [0.5, 0.6) is 0 Å². The van der Waals surface area contributed by atoms with E-state index in [1.807, 2.05) is 50.3 Å². The number of carbonyl (C=O) groups excluding carboxylic acids is 1. The van der Waals surface area contributed by atoms with Gasteiger partial charge in [0.25, 0.3) is 0 Å². The van der Waals surface area contributed by atoms with Crippen molar-refractivity contribution in [3.05, 3.63) is 42.6 Å². The lowest BCUT2D eigenvalue weighted by atomic mass is 10.2. The monoisotopic (exact) mass is 305 g/mol. The molecule has 2 unspecified atom stereocenters. The minimum absolute atomic E-state index is 0.00201. The van der Waals surface area contributed by atoms with Crippen LogP contribution in [-0.4, -0.2) is 47.4 Å². The molecule has 0 aliphatic carbocycles. The fourth-order valence-electron chi connectivity index (χ4n) is 2.22. The number of amides is 2. The van der Waals surface area contributed by atoms with E-state index in [1.54, 1.807) is 17.1 Å². The number of urea groups is 1. The number of hydrogen-bond acceptors (Lipinski definition) is 4. The maximum absolute atomic E-state index is 12.0. The van der Waals surface area contributed by atoms with E-state index >= 15 is 0 Å². The Bertz CT molecular complexity index is 551. The van der Waals surface area contributed by atoms with Crippen LogP contribution in [0.4, 0.5) is 4.79 Å². The van der Waals surface area contributed by atoms with Gasteiger partial charge in [-0.2, -0.15) is 5.10 Å². The van der Waals surface area contributed by atoms with Crippen LogP contribution in [-0.2, 0) is 6.54 Å². The van der Waals surface area contributed by atoms with Crippen LogP contribution >= 0.6 is 0 Å². The molecule has 2 N–H and O–H groups in total. The summed E-state index contributed by atoms with van der Waals surface area (Å²) in [5, 5.41) is 9.90. The Balaban J connectivity index is 1.78. The van der Waals surface area contributed by atoms with Gasteiger partial charge in [0, 0.05) is 25.0 Å². The molecule has 0 aromatic carbocycles. The molecule has 2 heterocycles. The maximum atomic E-state index is 12.0. The standard InChI is InChI=1S/C15H23N5O2/c1-12(11-20-8-5-7-17-20)18-15(21)16-10-13(19(2)3)14-6-4-9-22-14/h4-9,12-13H,10-11H2,1-3H3,(H2,16,18,21). The van der Waals surface area contributed by atoms with Gasteiger partial charge in [-0.3, -0.25) is 9.58 Å². The van der Waals surface area contributed by atoms with Crippen LogP contribution in [0.15, 0.2) is 41.3 Å². The number of rotatable bonds is 7. The second-order valence-electron chi connectivity index (χ2n) is 5.48. The van der Waals surface area contributed by atoms with Gasteiger partial charge in [0.2, 0.25) is 0 Å². The first kappa shape index (κ1) is 16.1. The van der Waals surface area contributed by atoms with Crippen molar-refractivity contribution in [3.63, 3.8) is 0 Å². The summed E-state index contributed by atoms with van der Waals surface area (Å²) in [6, 6.07) is 5.40. The topological polar surface area (TPSA) is 75.3 Å². The van der Waals surface area contributed by atoms with Crippen LogP contribution in [0.2, 0.25) is 0 Å². The van der Waals surface area contributed by atoms with Gasteiger partial charge in [-0.25, -0.2) is 4.79 Å². The van der Waals surface area contributed by atoms with E-state index in [2.05, 4.69) is 15.7 Å². The Kier molecular flexibility index (Phi) is 5.60. The highest BCUT2D eigenvalue weighted by molar-refractivity contribution is 5.74. The molecule has 2 aromatic heterocycles. The highest BCUT2D eigenvalue weighted by Crippen LogP contribution is 2.17. The lowest BCUT2D eigenvalue weighted by Crippen LogP contribution is -2.45. The Morgan fingerprint density at radius 1 is 1.45 bits per heavy atom. The summed E-state index contributed by atoms with van der Waals surface area (Å²) in [5.41, 5.74) is 0. The molecule has 120 valence electrons. The van der Waals surface area contributed by atoms with E-state index in [4.69, 9.17) is 4.42 Å². The molecule has 0 aliphatic heterocycles. The first-order valence-corrected chi connectivity index (χ1v) is 7.28. The molecular formula is C15H23N5O2. The molecule has 7 heteroatoms. The van der Waals surface area contributed by atoms with Crippen LogP contribution < -0.4 is 10.6 Å². The largest absolute Gasteiger partial charge is 0.468 e. The van der Waals surface area contributed by atoms with Crippen molar-refractivity contribution in [1.29, 1.82) is 0 Å². The van der Waals surface area contributed by atoms with Crippen LogP contribution in [0, 0.1) is 0 Å². The number of likely N-dealkylation sites (N-methyl/N-ethyl adjacent to an activating group) is 1. The average Bonchev–Trinajstić information content (AvgIpc) is 3.11. The van der Waals surface area contributed by atoms with Crippen LogP contribution in [0.25, 0.3) is 0 Å². The summed E-state index contributed by atoms with van der Waals surface area (Å²) in [6.45, 7) is 3.05. The number of carbonyl (C=O) groups is 1.